The molecular weight excluding hydrogens is 606 g/mol. The number of nitrogens with zero attached hydrogens (tertiary/aromatic N) is 7. The Morgan fingerprint density at radius 1 is 1.04 bits per heavy atom. The Balaban J connectivity index is 1.000. The molecule has 0 amide bonds. The van der Waals surface area contributed by atoms with Gasteiger partial charge in [-0.15, -0.1) is 0 Å². The number of esters is 1. The number of aromatic nitrogens is 5. The number of hydrogen-bond acceptors (Lipinski definition) is 9. The Kier molecular flexibility index (Phi) is 8.86. The van der Waals surface area contributed by atoms with Crippen LogP contribution in [0.15, 0.2) is 60.8 Å². The highest BCUT2D eigenvalue weighted by Crippen LogP contribution is 2.30. The number of hydrogen-bond donors (Lipinski definition) is 0. The summed E-state index contributed by atoms with van der Waals surface area (Å²) >= 11 is 0. The number of pyridine rings is 1. The highest BCUT2D eigenvalue weighted by molar-refractivity contribution is 5.94. The molecule has 2 saturated heterocycles. The fourth-order valence-corrected chi connectivity index (χ4v) is 6.47. The maximum Gasteiger partial charge on any atom is 0.338 e. The van der Waals surface area contributed by atoms with Gasteiger partial charge in [0.1, 0.15) is 24.6 Å². The zero-order chi connectivity index (χ0) is 33.3. The summed E-state index contributed by atoms with van der Waals surface area (Å²) in [4.78, 5) is 25.2. The van der Waals surface area contributed by atoms with Gasteiger partial charge in [0, 0.05) is 29.7 Å². The lowest BCUT2D eigenvalue weighted by Gasteiger charge is -2.32. The van der Waals surface area contributed by atoms with Crippen molar-refractivity contribution in [3.63, 3.8) is 0 Å². The Bertz CT molecular complexity index is 1970. The Morgan fingerprint density at radius 3 is 2.62 bits per heavy atom. The largest absolute Gasteiger partial charge is 0.473 e. The Morgan fingerprint density at radius 2 is 1.88 bits per heavy atom. The molecule has 1 atom stereocenters. The minimum Gasteiger partial charge on any atom is -0.473 e. The normalized spacial score (nSPS) is 17.3. The molecule has 5 aromatic rings. The molecule has 1 unspecified atom stereocenters. The molecular formula is C37H41N7O4. The second-order valence-corrected chi connectivity index (χ2v) is 13.7. The first kappa shape index (κ1) is 31.8. The molecule has 7 rings (SSSR count). The van der Waals surface area contributed by atoms with Crippen LogP contribution in [0.3, 0.4) is 0 Å². The van der Waals surface area contributed by atoms with E-state index in [1.165, 1.54) is 0 Å². The van der Waals surface area contributed by atoms with E-state index in [0.29, 0.717) is 30.5 Å². The topological polar surface area (TPSA) is 120 Å². The van der Waals surface area contributed by atoms with Gasteiger partial charge in [0.2, 0.25) is 5.88 Å². The number of ether oxygens (including phenoxy) is 3. The number of likely N-dealkylation sites (tertiary alicyclic amines) is 1. The molecule has 248 valence electrons. The van der Waals surface area contributed by atoms with Gasteiger partial charge in [-0.1, -0.05) is 18.2 Å². The van der Waals surface area contributed by atoms with E-state index in [4.69, 9.17) is 29.4 Å². The van der Waals surface area contributed by atoms with Crippen LogP contribution in [0.2, 0.25) is 0 Å². The fourth-order valence-electron chi connectivity index (χ4n) is 6.47. The fraction of sp³-hybridized carbons (Fsp3) is 0.432. The number of carbonyl (C=O) groups excluding carboxylic acids is 1. The molecule has 0 aliphatic carbocycles. The summed E-state index contributed by atoms with van der Waals surface area (Å²) in [6.07, 6.45) is 4.94. The van der Waals surface area contributed by atoms with Crippen molar-refractivity contribution in [1.82, 2.24) is 29.2 Å². The van der Waals surface area contributed by atoms with Gasteiger partial charge in [-0.05, 0) is 89.0 Å². The van der Waals surface area contributed by atoms with Crippen LogP contribution in [0.1, 0.15) is 73.4 Å². The van der Waals surface area contributed by atoms with Crippen LogP contribution >= 0.6 is 0 Å². The maximum absolute atomic E-state index is 12.9. The van der Waals surface area contributed by atoms with Crippen molar-refractivity contribution in [2.24, 2.45) is 0 Å². The Hall–Kier alpha value is -4.79. The van der Waals surface area contributed by atoms with Crippen LogP contribution in [0.25, 0.3) is 21.9 Å². The van der Waals surface area contributed by atoms with E-state index in [-0.39, 0.29) is 18.6 Å². The minimum absolute atomic E-state index is 0.160. The van der Waals surface area contributed by atoms with Crippen molar-refractivity contribution >= 4 is 27.9 Å². The molecule has 0 radical (unpaired) electrons. The van der Waals surface area contributed by atoms with Gasteiger partial charge in [0.15, 0.2) is 0 Å². The molecule has 2 fully saturated rings. The van der Waals surface area contributed by atoms with Crippen molar-refractivity contribution < 1.29 is 19.0 Å². The number of fused-ring (bicyclic) bond motifs is 2. The van der Waals surface area contributed by atoms with E-state index in [1.54, 1.807) is 16.9 Å². The third-order valence-corrected chi connectivity index (χ3v) is 9.07. The van der Waals surface area contributed by atoms with Crippen LogP contribution in [-0.2, 0) is 35.7 Å². The number of nitriles is 1. The zero-order valence-corrected chi connectivity index (χ0v) is 27.8. The van der Waals surface area contributed by atoms with E-state index < -0.39 is 5.60 Å². The summed E-state index contributed by atoms with van der Waals surface area (Å²) in [6, 6.07) is 19.9. The lowest BCUT2D eigenvalue weighted by Crippen LogP contribution is -2.35. The second kappa shape index (κ2) is 13.4. The molecule has 2 aliphatic heterocycles. The zero-order valence-electron chi connectivity index (χ0n) is 27.8. The summed E-state index contributed by atoms with van der Waals surface area (Å²) in [5.41, 5.74) is 4.76. The maximum atomic E-state index is 12.9. The first-order chi connectivity index (χ1) is 23.2. The molecule has 3 aromatic heterocycles. The minimum atomic E-state index is -0.561. The molecule has 11 heteroatoms. The average Bonchev–Trinajstić information content (AvgIpc) is 3.61. The van der Waals surface area contributed by atoms with Gasteiger partial charge in [0.25, 0.3) is 0 Å². The summed E-state index contributed by atoms with van der Waals surface area (Å²) < 4.78 is 21.5. The smallest absolute Gasteiger partial charge is 0.338 e. The Labute approximate surface area is 280 Å². The quantitative estimate of drug-likeness (QED) is 0.168. The van der Waals surface area contributed by atoms with Crippen molar-refractivity contribution in [1.29, 1.82) is 5.26 Å². The van der Waals surface area contributed by atoms with E-state index >= 15 is 0 Å². The van der Waals surface area contributed by atoms with Gasteiger partial charge < -0.3 is 18.8 Å². The van der Waals surface area contributed by atoms with Crippen molar-refractivity contribution in [2.75, 3.05) is 19.7 Å². The molecule has 48 heavy (non-hydrogen) atoms. The first-order valence-electron chi connectivity index (χ1n) is 16.7. The van der Waals surface area contributed by atoms with E-state index in [0.717, 1.165) is 84.5 Å². The summed E-state index contributed by atoms with van der Waals surface area (Å²) in [7, 11) is 0. The van der Waals surface area contributed by atoms with Gasteiger partial charge in [-0.2, -0.15) is 10.4 Å². The van der Waals surface area contributed by atoms with Gasteiger partial charge in [-0.25, -0.2) is 14.8 Å². The molecule has 0 saturated carbocycles. The van der Waals surface area contributed by atoms with Crippen LogP contribution in [0, 0.1) is 11.3 Å². The molecule has 2 aromatic carbocycles. The van der Waals surface area contributed by atoms with Crippen molar-refractivity contribution in [2.45, 2.75) is 83.9 Å². The molecule has 0 N–H and O–H groups in total. The van der Waals surface area contributed by atoms with Crippen LogP contribution in [0.4, 0.5) is 0 Å². The molecule has 2 aliphatic rings. The third kappa shape index (κ3) is 7.05. The van der Waals surface area contributed by atoms with Crippen molar-refractivity contribution in [3.05, 3.63) is 83.4 Å². The monoisotopic (exact) mass is 647 g/mol. The van der Waals surface area contributed by atoms with E-state index in [1.807, 2.05) is 63.2 Å². The highest BCUT2D eigenvalue weighted by atomic mass is 16.6. The van der Waals surface area contributed by atoms with Gasteiger partial charge >= 0.3 is 5.97 Å². The van der Waals surface area contributed by atoms with E-state index in [2.05, 4.69) is 26.7 Å². The third-order valence-electron chi connectivity index (χ3n) is 9.07. The van der Waals surface area contributed by atoms with Gasteiger partial charge in [0.05, 0.1) is 53.6 Å². The summed E-state index contributed by atoms with van der Waals surface area (Å²) in [5, 5.41) is 14.4. The van der Waals surface area contributed by atoms with E-state index in [9.17, 15) is 4.79 Å². The molecule has 0 spiro atoms. The SMILES string of the molecule is CC(C)(C)OC(=O)c1ccc2nc(CN3CCC(c4cccc(OCc5ccc6cnn(CC#N)c6c5)n4)CC3)n(CC3CCO3)c2c1. The second-order valence-electron chi connectivity index (χ2n) is 13.7. The van der Waals surface area contributed by atoms with Crippen LogP contribution < -0.4 is 4.74 Å². The summed E-state index contributed by atoms with van der Waals surface area (Å²) in [6.45, 7) is 10.3. The number of carbonyl (C=O) groups is 1. The number of piperidine rings is 1. The standard InChI is InChI=1S/C37H41N7O4/c1-37(2,3)48-36(45)27-9-10-31-33(20-27)43(22-29-13-18-46-29)34(40-31)23-42-15-11-26(12-16-42)30-5-4-6-35(41-30)47-24-25-7-8-28-21-39-44(17-14-38)32(28)19-25/h4-10,19-21,26,29H,11-13,15-18,22-24H2,1-3H3. The number of benzene rings is 2. The van der Waals surface area contributed by atoms with Gasteiger partial charge in [-0.3, -0.25) is 9.58 Å². The number of imidazole rings is 1. The lowest BCUT2D eigenvalue weighted by atomic mass is 9.93. The van der Waals surface area contributed by atoms with Crippen molar-refractivity contribution in [3.8, 4) is 11.9 Å². The average molecular weight is 648 g/mol. The highest BCUT2D eigenvalue weighted by Gasteiger charge is 2.27. The van der Waals surface area contributed by atoms with Crippen LogP contribution in [0.5, 0.6) is 5.88 Å². The predicted octanol–water partition coefficient (Wildman–Crippen LogP) is 6.01. The predicted molar refractivity (Wildman–Crippen MR) is 180 cm³/mol. The molecule has 11 nitrogen and oxygen atoms in total. The van der Waals surface area contributed by atoms with Crippen LogP contribution in [-0.4, -0.2) is 66.6 Å². The molecule has 5 heterocycles. The number of rotatable bonds is 10. The summed E-state index contributed by atoms with van der Waals surface area (Å²) in [5.74, 6) is 1.62. The molecule has 0 bridgehead atoms. The lowest BCUT2D eigenvalue weighted by molar-refractivity contribution is -0.0592. The first-order valence-corrected chi connectivity index (χ1v) is 16.7.